The second-order valence-electron chi connectivity index (χ2n) is 3.49. The van der Waals surface area contributed by atoms with Crippen LogP contribution in [-0.2, 0) is 11.2 Å². The van der Waals surface area contributed by atoms with Gasteiger partial charge in [-0.25, -0.2) is 4.98 Å². The number of aromatic nitrogens is 1. The monoisotopic (exact) mass is 214 g/mol. The zero-order valence-corrected chi connectivity index (χ0v) is 9.10. The summed E-state index contributed by atoms with van der Waals surface area (Å²) in [6.45, 7) is 5.08. The van der Waals surface area contributed by atoms with Gasteiger partial charge in [0.25, 0.3) is 0 Å². The van der Waals surface area contributed by atoms with Gasteiger partial charge in [0, 0.05) is 11.9 Å². The van der Waals surface area contributed by atoms with E-state index in [1.54, 1.807) is 5.38 Å². The highest BCUT2D eigenvalue weighted by Crippen LogP contribution is 2.15. The molecule has 78 valence electrons. The highest BCUT2D eigenvalue weighted by Gasteiger charge is 2.05. The molecule has 1 aromatic heterocycles. The fraction of sp³-hybridized carbons (Fsp3) is 0.556. The zero-order valence-electron chi connectivity index (χ0n) is 8.28. The van der Waals surface area contributed by atoms with Crippen LogP contribution in [-0.4, -0.2) is 22.6 Å². The van der Waals surface area contributed by atoms with Gasteiger partial charge >= 0.3 is 5.97 Å². The number of carbonyl (C=O) groups is 1. The van der Waals surface area contributed by atoms with Gasteiger partial charge in [-0.1, -0.05) is 13.8 Å². The topological polar surface area (TPSA) is 62.2 Å². The van der Waals surface area contributed by atoms with Gasteiger partial charge < -0.3 is 10.4 Å². The molecule has 0 saturated carbocycles. The number of nitrogens with zero attached hydrogens (tertiary/aromatic N) is 1. The number of carboxylic acid groups (broad SMARTS) is 1. The van der Waals surface area contributed by atoms with Crippen LogP contribution < -0.4 is 5.32 Å². The normalized spacial score (nSPS) is 10.5. The maximum Gasteiger partial charge on any atom is 0.309 e. The molecule has 1 rings (SSSR count). The van der Waals surface area contributed by atoms with Gasteiger partial charge in [0.1, 0.15) is 0 Å². The minimum absolute atomic E-state index is 0.000140. The Morgan fingerprint density at radius 1 is 1.71 bits per heavy atom. The molecule has 0 fully saturated rings. The van der Waals surface area contributed by atoms with Crippen molar-refractivity contribution in [3.05, 3.63) is 11.1 Å². The van der Waals surface area contributed by atoms with E-state index >= 15 is 0 Å². The predicted molar refractivity (Wildman–Crippen MR) is 56.8 cm³/mol. The third-order valence-electron chi connectivity index (χ3n) is 1.55. The summed E-state index contributed by atoms with van der Waals surface area (Å²) in [5.74, 6) is -0.285. The summed E-state index contributed by atoms with van der Waals surface area (Å²) >= 11 is 1.45. The number of rotatable bonds is 5. The number of hydrogen-bond donors (Lipinski definition) is 2. The molecule has 0 aromatic carbocycles. The van der Waals surface area contributed by atoms with Crippen molar-refractivity contribution in [2.45, 2.75) is 20.3 Å². The van der Waals surface area contributed by atoms with Gasteiger partial charge in [0.15, 0.2) is 5.13 Å². The number of aliphatic carboxylic acids is 1. The Kier molecular flexibility index (Phi) is 3.88. The molecule has 1 aromatic rings. The lowest BCUT2D eigenvalue weighted by Gasteiger charge is -2.04. The molecular weight excluding hydrogens is 200 g/mol. The predicted octanol–water partition coefficient (Wildman–Crippen LogP) is 1.84. The number of anilines is 1. The summed E-state index contributed by atoms with van der Waals surface area (Å²) in [5, 5.41) is 14.3. The highest BCUT2D eigenvalue weighted by atomic mass is 32.1. The third kappa shape index (κ3) is 3.74. The highest BCUT2D eigenvalue weighted by molar-refractivity contribution is 7.13. The van der Waals surface area contributed by atoms with Crippen LogP contribution in [0.15, 0.2) is 5.38 Å². The zero-order chi connectivity index (χ0) is 10.6. The van der Waals surface area contributed by atoms with Crippen LogP contribution in [0.25, 0.3) is 0 Å². The SMILES string of the molecule is CC(C)CNc1nc(CC(=O)O)cs1. The van der Waals surface area contributed by atoms with Crippen molar-refractivity contribution in [1.82, 2.24) is 4.98 Å². The van der Waals surface area contributed by atoms with E-state index in [2.05, 4.69) is 24.1 Å². The lowest BCUT2D eigenvalue weighted by Crippen LogP contribution is -2.08. The molecule has 1 heterocycles. The lowest BCUT2D eigenvalue weighted by atomic mass is 10.2. The molecule has 14 heavy (non-hydrogen) atoms. The van der Waals surface area contributed by atoms with Crippen LogP contribution in [0.5, 0.6) is 0 Å². The van der Waals surface area contributed by atoms with E-state index in [-0.39, 0.29) is 6.42 Å². The van der Waals surface area contributed by atoms with Crippen LogP contribution in [0.1, 0.15) is 19.5 Å². The first-order valence-corrected chi connectivity index (χ1v) is 5.36. The molecule has 0 saturated heterocycles. The van der Waals surface area contributed by atoms with Crippen LogP contribution in [0.2, 0.25) is 0 Å². The standard InChI is InChI=1S/C9H14N2O2S/c1-6(2)4-10-9-11-7(5-14-9)3-8(12)13/h5-6H,3-4H2,1-2H3,(H,10,11)(H,12,13). The molecule has 4 nitrogen and oxygen atoms in total. The van der Waals surface area contributed by atoms with Crippen molar-refractivity contribution < 1.29 is 9.90 Å². The van der Waals surface area contributed by atoms with Gasteiger partial charge in [0.2, 0.25) is 0 Å². The minimum Gasteiger partial charge on any atom is -0.481 e. The summed E-state index contributed by atoms with van der Waals surface area (Å²) < 4.78 is 0. The first-order chi connectivity index (χ1) is 6.58. The summed E-state index contributed by atoms with van der Waals surface area (Å²) in [7, 11) is 0. The Balaban J connectivity index is 2.46. The van der Waals surface area contributed by atoms with Gasteiger partial charge in [-0.05, 0) is 5.92 Å². The minimum atomic E-state index is -0.842. The largest absolute Gasteiger partial charge is 0.481 e. The van der Waals surface area contributed by atoms with E-state index in [9.17, 15) is 4.79 Å². The average Bonchev–Trinajstić information content (AvgIpc) is 2.47. The van der Waals surface area contributed by atoms with Crippen molar-refractivity contribution in [3.63, 3.8) is 0 Å². The maximum absolute atomic E-state index is 10.4. The van der Waals surface area contributed by atoms with Crippen molar-refractivity contribution in [1.29, 1.82) is 0 Å². The second-order valence-corrected chi connectivity index (χ2v) is 4.35. The molecule has 0 unspecified atom stereocenters. The van der Waals surface area contributed by atoms with E-state index in [4.69, 9.17) is 5.11 Å². The Labute approximate surface area is 87.0 Å². The molecule has 0 aliphatic rings. The fourth-order valence-corrected chi connectivity index (χ4v) is 1.64. The first kappa shape index (κ1) is 11.0. The Bertz CT molecular complexity index is 310. The van der Waals surface area contributed by atoms with Crippen LogP contribution >= 0.6 is 11.3 Å². The summed E-state index contributed by atoms with van der Waals surface area (Å²) in [6.07, 6.45) is -0.000140. The Hall–Kier alpha value is -1.10. The summed E-state index contributed by atoms with van der Waals surface area (Å²) in [5.41, 5.74) is 0.619. The van der Waals surface area contributed by atoms with Gasteiger partial charge in [0.05, 0.1) is 12.1 Å². The first-order valence-electron chi connectivity index (χ1n) is 4.48. The quantitative estimate of drug-likeness (QED) is 0.785. The van der Waals surface area contributed by atoms with Gasteiger partial charge in [-0.2, -0.15) is 0 Å². The molecule has 0 amide bonds. The number of nitrogens with one attached hydrogen (secondary N) is 1. The molecule has 0 spiro atoms. The van der Waals surface area contributed by atoms with Crippen LogP contribution in [0, 0.1) is 5.92 Å². The number of thiazole rings is 1. The molecule has 2 N–H and O–H groups in total. The lowest BCUT2D eigenvalue weighted by molar-refractivity contribution is -0.136. The summed E-state index contributed by atoms with van der Waals surface area (Å²) in [6, 6.07) is 0. The van der Waals surface area contributed by atoms with E-state index in [0.29, 0.717) is 11.6 Å². The molecule has 5 heteroatoms. The molecule has 0 aliphatic heterocycles. The van der Waals surface area contributed by atoms with Gasteiger partial charge in [-0.15, -0.1) is 11.3 Å². The maximum atomic E-state index is 10.4. The van der Waals surface area contributed by atoms with Crippen molar-refractivity contribution in [2.24, 2.45) is 5.92 Å². The van der Waals surface area contributed by atoms with Gasteiger partial charge in [-0.3, -0.25) is 4.79 Å². The summed E-state index contributed by atoms with van der Waals surface area (Å²) in [4.78, 5) is 14.5. The molecule has 0 atom stereocenters. The fourth-order valence-electron chi connectivity index (χ4n) is 0.916. The number of hydrogen-bond acceptors (Lipinski definition) is 4. The smallest absolute Gasteiger partial charge is 0.309 e. The average molecular weight is 214 g/mol. The Morgan fingerprint density at radius 2 is 2.43 bits per heavy atom. The third-order valence-corrected chi connectivity index (χ3v) is 2.39. The van der Waals surface area contributed by atoms with Crippen LogP contribution in [0.4, 0.5) is 5.13 Å². The van der Waals surface area contributed by atoms with Crippen LogP contribution in [0.3, 0.4) is 0 Å². The molecule has 0 aliphatic carbocycles. The van der Waals surface area contributed by atoms with E-state index < -0.39 is 5.97 Å². The van der Waals surface area contributed by atoms with E-state index in [0.717, 1.165) is 11.7 Å². The number of carboxylic acids is 1. The molecule has 0 bridgehead atoms. The Morgan fingerprint density at radius 3 is 3.00 bits per heavy atom. The molecular formula is C9H14N2O2S. The second kappa shape index (κ2) is 4.95. The van der Waals surface area contributed by atoms with Crippen molar-refractivity contribution in [2.75, 3.05) is 11.9 Å². The van der Waals surface area contributed by atoms with Crippen molar-refractivity contribution in [3.8, 4) is 0 Å². The van der Waals surface area contributed by atoms with E-state index in [1.807, 2.05) is 0 Å². The van der Waals surface area contributed by atoms with Crippen molar-refractivity contribution >= 4 is 22.4 Å². The van der Waals surface area contributed by atoms with E-state index in [1.165, 1.54) is 11.3 Å². The molecule has 0 radical (unpaired) electrons.